The molecular formula is C24H21NO6S. The monoisotopic (exact) mass is 451 g/mol. The van der Waals surface area contributed by atoms with Crippen molar-refractivity contribution in [2.24, 2.45) is 0 Å². The van der Waals surface area contributed by atoms with Gasteiger partial charge in [0.25, 0.3) is 10.0 Å². The Bertz CT molecular complexity index is 1280. The molecule has 1 aromatic heterocycles. The molecule has 0 bridgehead atoms. The summed E-state index contributed by atoms with van der Waals surface area (Å²) in [6, 6.07) is 17.4. The lowest BCUT2D eigenvalue weighted by Crippen LogP contribution is -2.39. The lowest BCUT2D eigenvalue weighted by molar-refractivity contribution is 0.0651. The van der Waals surface area contributed by atoms with E-state index in [9.17, 15) is 18.0 Å². The van der Waals surface area contributed by atoms with Crippen molar-refractivity contribution in [1.82, 2.24) is 4.31 Å². The maximum absolute atomic E-state index is 13.6. The average molecular weight is 452 g/mol. The summed E-state index contributed by atoms with van der Waals surface area (Å²) in [6.07, 6.45) is 2.56. The number of ketones is 1. The highest BCUT2D eigenvalue weighted by Crippen LogP contribution is 2.39. The van der Waals surface area contributed by atoms with E-state index in [2.05, 4.69) is 0 Å². The number of fused-ring (bicyclic) bond motifs is 1. The van der Waals surface area contributed by atoms with E-state index in [1.165, 1.54) is 30.5 Å². The lowest BCUT2D eigenvalue weighted by atomic mass is 10.0. The number of carbonyl (C=O) groups excluding carboxylic acids is 2. The molecule has 2 aromatic carbocycles. The third-order valence-corrected chi connectivity index (χ3v) is 6.90. The third kappa shape index (κ3) is 3.85. The quantitative estimate of drug-likeness (QED) is 0.388. The smallest absolute Gasteiger partial charge is 0.379 e. The molecule has 4 rings (SSSR count). The first-order valence-corrected chi connectivity index (χ1v) is 11.6. The molecule has 0 fully saturated rings. The number of hydrogen-bond donors (Lipinski definition) is 0. The minimum atomic E-state index is -4.04. The van der Waals surface area contributed by atoms with E-state index in [-0.39, 0.29) is 39.8 Å². The molecule has 8 heteroatoms. The highest BCUT2D eigenvalue weighted by atomic mass is 32.2. The van der Waals surface area contributed by atoms with Gasteiger partial charge in [0, 0.05) is 17.7 Å². The summed E-state index contributed by atoms with van der Waals surface area (Å²) in [6.45, 7) is 1.99. The molecule has 0 amide bonds. The van der Waals surface area contributed by atoms with Crippen LogP contribution < -0.4 is 0 Å². The van der Waals surface area contributed by atoms with Gasteiger partial charge in [-0.25, -0.2) is 13.2 Å². The average Bonchev–Trinajstić information content (AvgIpc) is 3.35. The van der Waals surface area contributed by atoms with Crippen LogP contribution in [0, 0.1) is 0 Å². The van der Waals surface area contributed by atoms with Crippen molar-refractivity contribution < 1.29 is 27.2 Å². The fourth-order valence-corrected chi connectivity index (χ4v) is 5.18. The molecule has 0 N–H and O–H groups in total. The summed E-state index contributed by atoms with van der Waals surface area (Å²) < 4.78 is 38.8. The zero-order valence-electron chi connectivity index (χ0n) is 17.4. The van der Waals surface area contributed by atoms with Crippen LogP contribution in [0.25, 0.3) is 5.76 Å². The molecule has 2 heterocycles. The number of esters is 1. The topological polar surface area (TPSA) is 93.9 Å². The zero-order valence-corrected chi connectivity index (χ0v) is 18.2. The van der Waals surface area contributed by atoms with Gasteiger partial charge < -0.3 is 9.15 Å². The maximum atomic E-state index is 13.6. The second-order valence-corrected chi connectivity index (χ2v) is 9.00. The Kier molecular flexibility index (Phi) is 5.96. The zero-order chi connectivity index (χ0) is 22.7. The van der Waals surface area contributed by atoms with Gasteiger partial charge in [-0.1, -0.05) is 55.8 Å². The van der Waals surface area contributed by atoms with Crippen LogP contribution in [0.1, 0.15) is 46.2 Å². The van der Waals surface area contributed by atoms with E-state index in [0.29, 0.717) is 12.8 Å². The Morgan fingerprint density at radius 2 is 1.69 bits per heavy atom. The van der Waals surface area contributed by atoms with Crippen LogP contribution in [0.5, 0.6) is 0 Å². The van der Waals surface area contributed by atoms with Crippen molar-refractivity contribution in [3.8, 4) is 0 Å². The molecular weight excluding hydrogens is 430 g/mol. The van der Waals surface area contributed by atoms with Gasteiger partial charge in [-0.05, 0) is 30.7 Å². The normalized spacial score (nSPS) is 14.7. The van der Waals surface area contributed by atoms with E-state index >= 15 is 0 Å². The first-order chi connectivity index (χ1) is 15.4. The van der Waals surface area contributed by atoms with Gasteiger partial charge in [-0.2, -0.15) is 0 Å². The summed E-state index contributed by atoms with van der Waals surface area (Å²) in [4.78, 5) is 26.3. The SMILES string of the molecule is CCCCN1C(C(=O)c2ccccc2)=C(OC(=O)c2ccco2)c2ccccc2S1(=O)=O. The summed E-state index contributed by atoms with van der Waals surface area (Å²) in [5.41, 5.74) is 0.243. The number of sulfonamides is 1. The minimum Gasteiger partial charge on any atom is -0.457 e. The minimum absolute atomic E-state index is 0.0250. The van der Waals surface area contributed by atoms with Gasteiger partial charge in [0.05, 0.1) is 11.2 Å². The first-order valence-electron chi connectivity index (χ1n) is 10.2. The van der Waals surface area contributed by atoms with Gasteiger partial charge in [-0.15, -0.1) is 0 Å². The number of furan rings is 1. The van der Waals surface area contributed by atoms with Gasteiger partial charge in [0.2, 0.25) is 11.5 Å². The third-order valence-electron chi connectivity index (χ3n) is 5.05. The number of ether oxygens (including phenoxy) is 1. The molecule has 32 heavy (non-hydrogen) atoms. The standard InChI is InChI=1S/C24H21NO6S/c1-2-3-15-25-21(22(26)17-10-5-4-6-11-17)23(31-24(27)19-13-9-16-30-19)18-12-7-8-14-20(18)32(25,28)29/h4-14,16H,2-3,15H2,1H3. The Morgan fingerprint density at radius 3 is 2.38 bits per heavy atom. The Morgan fingerprint density at radius 1 is 0.969 bits per heavy atom. The molecule has 0 unspecified atom stereocenters. The second kappa shape index (κ2) is 8.84. The molecule has 0 saturated carbocycles. The van der Waals surface area contributed by atoms with Gasteiger partial charge in [0.15, 0.2) is 5.76 Å². The van der Waals surface area contributed by atoms with Gasteiger partial charge >= 0.3 is 5.97 Å². The van der Waals surface area contributed by atoms with Crippen molar-refractivity contribution in [1.29, 1.82) is 0 Å². The van der Waals surface area contributed by atoms with Crippen molar-refractivity contribution in [2.45, 2.75) is 24.7 Å². The predicted molar refractivity (Wildman–Crippen MR) is 117 cm³/mol. The molecule has 3 aromatic rings. The van der Waals surface area contributed by atoms with Crippen LogP contribution in [0.15, 0.2) is 88.0 Å². The highest BCUT2D eigenvalue weighted by Gasteiger charge is 2.41. The van der Waals surface area contributed by atoms with Crippen molar-refractivity contribution >= 4 is 27.5 Å². The highest BCUT2D eigenvalue weighted by molar-refractivity contribution is 7.89. The number of rotatable bonds is 7. The summed E-state index contributed by atoms with van der Waals surface area (Å²) in [5.74, 6) is -1.55. The number of hydrogen-bond acceptors (Lipinski definition) is 6. The number of nitrogens with zero attached hydrogens (tertiary/aromatic N) is 1. The van der Waals surface area contributed by atoms with Crippen molar-refractivity contribution in [3.05, 3.63) is 95.6 Å². The molecule has 0 saturated heterocycles. The summed E-state index contributed by atoms with van der Waals surface area (Å²) in [5, 5.41) is 0. The van der Waals surface area contributed by atoms with Crippen LogP contribution in [-0.4, -0.2) is 31.0 Å². The molecule has 1 aliphatic rings. The number of allylic oxidation sites excluding steroid dienone is 1. The van der Waals surface area contributed by atoms with E-state index < -0.39 is 21.8 Å². The molecule has 0 spiro atoms. The van der Waals surface area contributed by atoms with Crippen LogP contribution in [-0.2, 0) is 14.8 Å². The first kappa shape index (κ1) is 21.6. The van der Waals surface area contributed by atoms with Crippen molar-refractivity contribution in [2.75, 3.05) is 6.54 Å². The predicted octanol–water partition coefficient (Wildman–Crippen LogP) is 4.49. The molecule has 164 valence electrons. The van der Waals surface area contributed by atoms with E-state index in [4.69, 9.17) is 9.15 Å². The van der Waals surface area contributed by atoms with Crippen molar-refractivity contribution in [3.63, 3.8) is 0 Å². The number of carbonyl (C=O) groups is 2. The largest absolute Gasteiger partial charge is 0.457 e. The molecule has 0 aliphatic carbocycles. The number of benzene rings is 2. The van der Waals surface area contributed by atoms with E-state index in [0.717, 1.165) is 4.31 Å². The molecule has 1 aliphatic heterocycles. The second-order valence-electron chi connectivity index (χ2n) is 7.17. The van der Waals surface area contributed by atoms with Crippen LogP contribution in [0.3, 0.4) is 0 Å². The Balaban J connectivity index is 1.96. The Labute approximate surface area is 186 Å². The lowest BCUT2D eigenvalue weighted by Gasteiger charge is -2.32. The Hall–Kier alpha value is -3.65. The summed E-state index contributed by atoms with van der Waals surface area (Å²) >= 11 is 0. The number of unbranched alkanes of at least 4 members (excludes halogenated alkanes) is 1. The van der Waals surface area contributed by atoms with Crippen LogP contribution in [0.4, 0.5) is 0 Å². The van der Waals surface area contributed by atoms with Gasteiger partial charge in [-0.3, -0.25) is 9.10 Å². The summed E-state index contributed by atoms with van der Waals surface area (Å²) in [7, 11) is -4.04. The van der Waals surface area contributed by atoms with E-state index in [1.54, 1.807) is 42.5 Å². The number of Topliss-reactive ketones (excluding diaryl/α,β-unsaturated/α-hetero) is 1. The van der Waals surface area contributed by atoms with Gasteiger partial charge in [0.1, 0.15) is 5.70 Å². The maximum Gasteiger partial charge on any atom is 0.379 e. The molecule has 7 nitrogen and oxygen atoms in total. The fourth-order valence-electron chi connectivity index (χ4n) is 3.48. The van der Waals surface area contributed by atoms with Crippen LogP contribution >= 0.6 is 0 Å². The molecule has 0 radical (unpaired) electrons. The molecule has 0 atom stereocenters. The van der Waals surface area contributed by atoms with Crippen LogP contribution in [0.2, 0.25) is 0 Å². The van der Waals surface area contributed by atoms with E-state index in [1.807, 2.05) is 6.92 Å². The fraction of sp³-hybridized carbons (Fsp3) is 0.167.